The molecule has 0 bridgehead atoms. The van der Waals surface area contributed by atoms with Gasteiger partial charge in [-0.1, -0.05) is 64.9 Å². The predicted octanol–water partition coefficient (Wildman–Crippen LogP) is 6.37. The molecule has 2 aromatic heterocycles. The molecule has 0 unspecified atom stereocenters. The number of rotatable bonds is 11. The standard InChI is InChI=1S/C38H35Cl2N3O7S/c1-6-48-31-17-24(13-15-30(31)50-20-33(44)47-5)35-34(37(46)49-7-2)21(3)41-38-43(35)36(45)32(51-38)18-26-22(4)42(29-11-9-8-10-25(26)29)19-23-12-14-27(39)28(40)16-23/h8-18,35H,6-7,19-20H2,1-5H3/b32-18+/t35-/m1/s1. The molecule has 0 fully saturated rings. The monoisotopic (exact) mass is 747 g/mol. The molecule has 1 aliphatic heterocycles. The van der Waals surface area contributed by atoms with Crippen molar-refractivity contribution in [2.75, 3.05) is 26.9 Å². The van der Waals surface area contributed by atoms with Gasteiger partial charge in [-0.3, -0.25) is 9.36 Å². The second-order valence-corrected chi connectivity index (χ2v) is 13.5. The van der Waals surface area contributed by atoms with Crippen molar-refractivity contribution in [3.8, 4) is 11.5 Å². The first-order chi connectivity index (χ1) is 24.6. The fourth-order valence-corrected chi connectivity index (χ4v) is 7.53. The van der Waals surface area contributed by atoms with Gasteiger partial charge < -0.3 is 23.5 Å². The van der Waals surface area contributed by atoms with Crippen molar-refractivity contribution < 1.29 is 28.5 Å². The van der Waals surface area contributed by atoms with E-state index in [2.05, 4.69) is 4.57 Å². The Labute approximate surface area is 307 Å². The van der Waals surface area contributed by atoms with Gasteiger partial charge in [-0.2, -0.15) is 0 Å². The molecule has 51 heavy (non-hydrogen) atoms. The third kappa shape index (κ3) is 7.06. The van der Waals surface area contributed by atoms with E-state index in [4.69, 9.17) is 47.1 Å². The van der Waals surface area contributed by atoms with Crippen LogP contribution in [0, 0.1) is 6.92 Å². The Balaban J connectivity index is 1.51. The molecule has 0 saturated carbocycles. The highest BCUT2D eigenvalue weighted by Gasteiger charge is 2.34. The summed E-state index contributed by atoms with van der Waals surface area (Å²) in [6.07, 6.45) is 1.89. The summed E-state index contributed by atoms with van der Waals surface area (Å²) < 4.78 is 25.9. The average Bonchev–Trinajstić information content (AvgIpc) is 3.56. The van der Waals surface area contributed by atoms with Gasteiger partial charge in [0, 0.05) is 28.7 Å². The lowest BCUT2D eigenvalue weighted by atomic mass is 9.95. The number of ether oxygens (including phenoxy) is 4. The zero-order chi connectivity index (χ0) is 36.4. The van der Waals surface area contributed by atoms with E-state index in [9.17, 15) is 14.4 Å². The van der Waals surface area contributed by atoms with Crippen molar-refractivity contribution in [2.45, 2.75) is 40.3 Å². The summed E-state index contributed by atoms with van der Waals surface area (Å²) in [5, 5.41) is 1.94. The number of fused-ring (bicyclic) bond motifs is 2. The van der Waals surface area contributed by atoms with Gasteiger partial charge in [-0.25, -0.2) is 14.6 Å². The van der Waals surface area contributed by atoms with Crippen molar-refractivity contribution in [1.82, 2.24) is 9.13 Å². The number of aromatic nitrogens is 2. The quantitative estimate of drug-likeness (QED) is 0.145. The van der Waals surface area contributed by atoms with E-state index in [1.54, 1.807) is 38.1 Å². The van der Waals surface area contributed by atoms with Crippen LogP contribution < -0.4 is 24.4 Å². The number of hydrogen-bond donors (Lipinski definition) is 0. The Bertz CT molecular complexity index is 2390. The molecule has 13 heteroatoms. The SMILES string of the molecule is CCOC(=O)C1=C(C)N=c2s/c(=C/c3c(C)n(Cc4ccc(Cl)c(Cl)c4)c4ccccc34)c(=O)n2[C@@H]1c1ccc(OCC(=O)OC)c(OCC)c1. The van der Waals surface area contributed by atoms with E-state index in [1.165, 1.54) is 23.0 Å². The van der Waals surface area contributed by atoms with Gasteiger partial charge in [0.15, 0.2) is 22.9 Å². The number of para-hydroxylation sites is 1. The van der Waals surface area contributed by atoms with Crippen LogP contribution >= 0.6 is 34.5 Å². The van der Waals surface area contributed by atoms with Crippen molar-refractivity contribution in [1.29, 1.82) is 0 Å². The number of carbonyl (C=O) groups excluding carboxylic acids is 2. The molecule has 264 valence electrons. The summed E-state index contributed by atoms with van der Waals surface area (Å²) in [6.45, 7) is 7.96. The number of halogens is 2. The molecule has 3 heterocycles. The molecule has 0 spiro atoms. The molecule has 10 nitrogen and oxygen atoms in total. The van der Waals surface area contributed by atoms with Crippen molar-refractivity contribution in [3.05, 3.63) is 124 Å². The maximum Gasteiger partial charge on any atom is 0.343 e. The van der Waals surface area contributed by atoms with E-state index in [0.29, 0.717) is 55.3 Å². The van der Waals surface area contributed by atoms with Crippen molar-refractivity contribution in [3.63, 3.8) is 0 Å². The van der Waals surface area contributed by atoms with Gasteiger partial charge >= 0.3 is 11.9 Å². The normalized spacial score (nSPS) is 14.3. The van der Waals surface area contributed by atoms with E-state index >= 15 is 0 Å². The highest BCUT2D eigenvalue weighted by atomic mass is 35.5. The number of methoxy groups -OCH3 is 1. The highest BCUT2D eigenvalue weighted by molar-refractivity contribution is 7.07. The van der Waals surface area contributed by atoms with Crippen LogP contribution in [0.5, 0.6) is 11.5 Å². The minimum absolute atomic E-state index is 0.142. The zero-order valence-electron chi connectivity index (χ0n) is 28.6. The lowest BCUT2D eigenvalue weighted by molar-refractivity contribution is -0.143. The predicted molar refractivity (Wildman–Crippen MR) is 198 cm³/mol. The third-order valence-corrected chi connectivity index (χ3v) is 10.3. The molecule has 6 rings (SSSR count). The molecule has 5 aromatic rings. The van der Waals surface area contributed by atoms with E-state index in [1.807, 2.05) is 56.3 Å². The number of benzene rings is 3. The molecule has 1 atom stereocenters. The molecule has 0 radical (unpaired) electrons. The maximum absolute atomic E-state index is 14.5. The Kier molecular flexibility index (Phi) is 10.7. The molecular weight excluding hydrogens is 713 g/mol. The molecule has 0 amide bonds. The van der Waals surface area contributed by atoms with Crippen LogP contribution in [0.1, 0.15) is 49.2 Å². The highest BCUT2D eigenvalue weighted by Crippen LogP contribution is 2.37. The Morgan fingerprint density at radius 2 is 1.75 bits per heavy atom. The maximum atomic E-state index is 14.5. The number of carbonyl (C=O) groups is 2. The van der Waals surface area contributed by atoms with E-state index in [0.717, 1.165) is 27.7 Å². The van der Waals surface area contributed by atoms with Crippen LogP contribution in [-0.4, -0.2) is 48.0 Å². The minimum atomic E-state index is -0.881. The van der Waals surface area contributed by atoms with Gasteiger partial charge in [0.2, 0.25) is 0 Å². The van der Waals surface area contributed by atoms with Crippen LogP contribution in [0.15, 0.2) is 81.7 Å². The molecular formula is C38H35Cl2N3O7S. The van der Waals surface area contributed by atoms with Crippen LogP contribution in [0.2, 0.25) is 10.0 Å². The molecule has 0 N–H and O–H groups in total. The summed E-state index contributed by atoms with van der Waals surface area (Å²) in [7, 11) is 1.27. The second kappa shape index (κ2) is 15.2. The summed E-state index contributed by atoms with van der Waals surface area (Å²) in [5.74, 6) is -0.485. The fourth-order valence-electron chi connectivity index (χ4n) is 6.18. The summed E-state index contributed by atoms with van der Waals surface area (Å²) >= 11 is 13.8. The fraction of sp³-hybridized carbons (Fsp3) is 0.263. The van der Waals surface area contributed by atoms with Crippen molar-refractivity contribution in [2.24, 2.45) is 4.99 Å². The van der Waals surface area contributed by atoms with Crippen LogP contribution in [0.25, 0.3) is 17.0 Å². The van der Waals surface area contributed by atoms with Gasteiger partial charge in [0.25, 0.3) is 5.56 Å². The van der Waals surface area contributed by atoms with Gasteiger partial charge in [-0.05, 0) is 75.2 Å². The topological polar surface area (TPSA) is 110 Å². The smallest absolute Gasteiger partial charge is 0.343 e. The summed E-state index contributed by atoms with van der Waals surface area (Å²) in [4.78, 5) is 44.9. The van der Waals surface area contributed by atoms with Gasteiger partial charge in [-0.15, -0.1) is 0 Å². The molecule has 1 aliphatic rings. The summed E-state index contributed by atoms with van der Waals surface area (Å²) in [5.41, 5.74) is 4.74. The van der Waals surface area contributed by atoms with Crippen LogP contribution in [-0.2, 0) is 25.6 Å². The largest absolute Gasteiger partial charge is 0.490 e. The summed E-state index contributed by atoms with van der Waals surface area (Å²) in [6, 6.07) is 17.8. The molecule has 0 aliphatic carbocycles. The number of allylic oxidation sites excluding steroid dienone is 1. The van der Waals surface area contributed by atoms with E-state index in [-0.39, 0.29) is 24.3 Å². The lowest BCUT2D eigenvalue weighted by Crippen LogP contribution is -2.40. The zero-order valence-corrected chi connectivity index (χ0v) is 30.9. The number of esters is 2. The first-order valence-corrected chi connectivity index (χ1v) is 17.8. The molecule has 3 aromatic carbocycles. The van der Waals surface area contributed by atoms with Crippen LogP contribution in [0.3, 0.4) is 0 Å². The lowest BCUT2D eigenvalue weighted by Gasteiger charge is -2.25. The minimum Gasteiger partial charge on any atom is -0.490 e. The second-order valence-electron chi connectivity index (χ2n) is 11.7. The number of hydrogen-bond acceptors (Lipinski definition) is 9. The Morgan fingerprint density at radius 3 is 2.47 bits per heavy atom. The first kappa shape index (κ1) is 36.0. The number of nitrogens with zero attached hydrogens (tertiary/aromatic N) is 3. The van der Waals surface area contributed by atoms with E-state index < -0.39 is 18.0 Å². The Hall–Kier alpha value is -4.84. The van der Waals surface area contributed by atoms with Gasteiger partial charge in [0.1, 0.15) is 0 Å². The average molecular weight is 749 g/mol. The Morgan fingerprint density at radius 1 is 0.961 bits per heavy atom. The van der Waals surface area contributed by atoms with Gasteiger partial charge in [0.05, 0.1) is 52.2 Å². The molecule has 0 saturated heterocycles. The number of thiazole rings is 1. The van der Waals surface area contributed by atoms with Crippen molar-refractivity contribution >= 4 is 63.5 Å². The first-order valence-electron chi connectivity index (χ1n) is 16.2. The van der Waals surface area contributed by atoms with Crippen LogP contribution in [0.4, 0.5) is 0 Å². The third-order valence-electron chi connectivity index (χ3n) is 8.55.